The summed E-state index contributed by atoms with van der Waals surface area (Å²) < 4.78 is 16.5. The van der Waals surface area contributed by atoms with Crippen molar-refractivity contribution in [1.82, 2.24) is 14.5 Å². The van der Waals surface area contributed by atoms with Crippen molar-refractivity contribution in [2.75, 3.05) is 0 Å². The summed E-state index contributed by atoms with van der Waals surface area (Å²) in [5.41, 5.74) is 1.03. The van der Waals surface area contributed by atoms with E-state index < -0.39 is 11.0 Å². The van der Waals surface area contributed by atoms with Crippen molar-refractivity contribution in [3.05, 3.63) is 18.0 Å². The molecule has 0 amide bonds. The molecule has 4 nitrogen and oxygen atoms in total. The molecule has 0 saturated carbocycles. The molecule has 1 aromatic heterocycles. The maximum Gasteiger partial charge on any atom is 0.0976 e. The molecule has 0 radical (unpaired) electrons. The first-order valence-electron chi connectivity index (χ1n) is 4.98. The summed E-state index contributed by atoms with van der Waals surface area (Å²) in [5, 5.41) is 4.08. The van der Waals surface area contributed by atoms with Crippen LogP contribution in [0.5, 0.6) is 0 Å². The Bertz CT molecular complexity index is 354. The standard InChI is InChI=1S/C10H19N3OS/c1-8(9-6-7-11-13(9)5)12-15(14)10(2,3)4/h6-8,12H,1-5H3/t8-,15+/m0/s1. The molecule has 0 aromatic carbocycles. The van der Waals surface area contributed by atoms with Crippen molar-refractivity contribution in [2.45, 2.75) is 38.5 Å². The molecule has 0 aliphatic heterocycles. The molecule has 0 aliphatic rings. The predicted octanol–water partition coefficient (Wildman–Crippen LogP) is 1.53. The Kier molecular flexibility index (Phi) is 3.67. The molecule has 1 N–H and O–H groups in total. The van der Waals surface area contributed by atoms with Crippen molar-refractivity contribution < 1.29 is 4.21 Å². The Morgan fingerprint density at radius 3 is 2.53 bits per heavy atom. The van der Waals surface area contributed by atoms with E-state index in [9.17, 15) is 4.21 Å². The molecule has 1 rings (SSSR count). The van der Waals surface area contributed by atoms with Crippen LogP contribution in [-0.2, 0) is 18.0 Å². The second-order valence-electron chi connectivity index (χ2n) is 4.60. The van der Waals surface area contributed by atoms with Gasteiger partial charge in [0.1, 0.15) is 0 Å². The average Bonchev–Trinajstić information content (AvgIpc) is 2.49. The van der Waals surface area contributed by atoms with Crippen LogP contribution in [0.1, 0.15) is 39.4 Å². The molecule has 5 heteroatoms. The van der Waals surface area contributed by atoms with Crippen LogP contribution in [-0.4, -0.2) is 18.7 Å². The molecule has 1 aromatic rings. The van der Waals surface area contributed by atoms with Gasteiger partial charge in [-0.05, 0) is 33.8 Å². The third-order valence-electron chi connectivity index (χ3n) is 2.14. The highest BCUT2D eigenvalue weighted by atomic mass is 32.2. The Morgan fingerprint density at radius 1 is 1.53 bits per heavy atom. The van der Waals surface area contributed by atoms with Gasteiger partial charge in [0, 0.05) is 13.2 Å². The minimum absolute atomic E-state index is 0.0394. The largest absolute Gasteiger partial charge is 0.271 e. The highest BCUT2D eigenvalue weighted by Gasteiger charge is 2.22. The van der Waals surface area contributed by atoms with Gasteiger partial charge in [-0.25, -0.2) is 8.93 Å². The number of nitrogens with one attached hydrogen (secondary N) is 1. The van der Waals surface area contributed by atoms with Crippen molar-refractivity contribution in [1.29, 1.82) is 0 Å². The summed E-state index contributed by atoms with van der Waals surface area (Å²) >= 11 is 0. The third-order valence-corrected chi connectivity index (χ3v) is 3.82. The third kappa shape index (κ3) is 3.14. The summed E-state index contributed by atoms with van der Waals surface area (Å²) in [6.45, 7) is 7.84. The van der Waals surface area contributed by atoms with Gasteiger partial charge in [-0.1, -0.05) is 0 Å². The van der Waals surface area contributed by atoms with Gasteiger partial charge in [0.25, 0.3) is 0 Å². The summed E-state index contributed by atoms with van der Waals surface area (Å²) in [5.74, 6) is 0. The second-order valence-corrected chi connectivity index (χ2v) is 6.60. The highest BCUT2D eigenvalue weighted by Crippen LogP contribution is 2.15. The number of hydrogen-bond donors (Lipinski definition) is 1. The number of aryl methyl sites for hydroxylation is 1. The van der Waals surface area contributed by atoms with Gasteiger partial charge in [-0.3, -0.25) is 4.68 Å². The number of rotatable bonds is 3. The van der Waals surface area contributed by atoms with Crippen molar-refractivity contribution >= 4 is 11.0 Å². The van der Waals surface area contributed by atoms with Gasteiger partial charge in [0.05, 0.1) is 27.5 Å². The normalized spacial score (nSPS) is 16.3. The molecule has 0 saturated heterocycles. The summed E-state index contributed by atoms with van der Waals surface area (Å²) in [6.07, 6.45) is 1.74. The van der Waals surface area contributed by atoms with E-state index in [1.165, 1.54) is 0 Å². The van der Waals surface area contributed by atoms with Crippen LogP contribution in [0, 0.1) is 0 Å². The smallest absolute Gasteiger partial charge is 0.0976 e. The Hall–Kier alpha value is -0.680. The van der Waals surface area contributed by atoms with Crippen molar-refractivity contribution in [2.24, 2.45) is 7.05 Å². The Balaban J connectivity index is 2.69. The van der Waals surface area contributed by atoms with Gasteiger partial charge >= 0.3 is 0 Å². The van der Waals surface area contributed by atoms with E-state index >= 15 is 0 Å². The summed E-state index contributed by atoms with van der Waals surface area (Å²) in [6, 6.07) is 1.97. The van der Waals surface area contributed by atoms with Crippen LogP contribution in [0.2, 0.25) is 0 Å². The highest BCUT2D eigenvalue weighted by molar-refractivity contribution is 7.84. The molecule has 0 bridgehead atoms. The topological polar surface area (TPSA) is 46.9 Å². The fraction of sp³-hybridized carbons (Fsp3) is 0.700. The molecular formula is C10H19N3OS. The fourth-order valence-corrected chi connectivity index (χ4v) is 2.00. The number of hydrogen-bond acceptors (Lipinski definition) is 2. The molecule has 0 spiro atoms. The Labute approximate surface area is 93.7 Å². The lowest BCUT2D eigenvalue weighted by Crippen LogP contribution is -2.35. The minimum Gasteiger partial charge on any atom is -0.271 e. The average molecular weight is 229 g/mol. The molecule has 1 heterocycles. The first kappa shape index (κ1) is 12.4. The quantitative estimate of drug-likeness (QED) is 0.854. The zero-order valence-electron chi connectivity index (χ0n) is 9.94. The zero-order valence-corrected chi connectivity index (χ0v) is 10.8. The van der Waals surface area contributed by atoms with Crippen LogP contribution in [0.4, 0.5) is 0 Å². The summed E-state index contributed by atoms with van der Waals surface area (Å²) in [4.78, 5) is 0. The van der Waals surface area contributed by atoms with E-state index in [0.29, 0.717) is 0 Å². The number of aromatic nitrogens is 2. The Morgan fingerprint density at radius 2 is 2.13 bits per heavy atom. The second kappa shape index (κ2) is 4.45. The van der Waals surface area contributed by atoms with Gasteiger partial charge in [0.2, 0.25) is 0 Å². The molecule has 2 atom stereocenters. The van der Waals surface area contributed by atoms with Crippen molar-refractivity contribution in [3.63, 3.8) is 0 Å². The minimum atomic E-state index is -1.05. The van der Waals surface area contributed by atoms with Crippen LogP contribution in [0.25, 0.3) is 0 Å². The zero-order chi connectivity index (χ0) is 11.6. The van der Waals surface area contributed by atoms with E-state index in [4.69, 9.17) is 0 Å². The first-order chi connectivity index (χ1) is 6.82. The molecule has 15 heavy (non-hydrogen) atoms. The predicted molar refractivity (Wildman–Crippen MR) is 62.7 cm³/mol. The van der Waals surface area contributed by atoms with Gasteiger partial charge in [0.15, 0.2) is 0 Å². The lowest BCUT2D eigenvalue weighted by Gasteiger charge is -2.21. The molecule has 0 fully saturated rings. The molecule has 0 aliphatic carbocycles. The van der Waals surface area contributed by atoms with Crippen LogP contribution >= 0.6 is 0 Å². The van der Waals surface area contributed by atoms with Gasteiger partial charge in [-0.2, -0.15) is 5.10 Å². The van der Waals surface area contributed by atoms with Crippen molar-refractivity contribution in [3.8, 4) is 0 Å². The van der Waals surface area contributed by atoms with E-state index in [1.54, 1.807) is 10.9 Å². The van der Waals surface area contributed by atoms with E-state index in [2.05, 4.69) is 9.82 Å². The van der Waals surface area contributed by atoms with Crippen LogP contribution in [0.3, 0.4) is 0 Å². The van der Waals surface area contributed by atoms with E-state index in [0.717, 1.165) is 5.69 Å². The maximum absolute atomic E-state index is 11.9. The first-order valence-corrected chi connectivity index (χ1v) is 6.13. The van der Waals surface area contributed by atoms with E-state index in [1.807, 2.05) is 40.8 Å². The molecule has 0 unspecified atom stereocenters. The fourth-order valence-electron chi connectivity index (χ4n) is 1.21. The monoisotopic (exact) mass is 229 g/mol. The van der Waals surface area contributed by atoms with Gasteiger partial charge in [-0.15, -0.1) is 0 Å². The van der Waals surface area contributed by atoms with Crippen LogP contribution < -0.4 is 4.72 Å². The van der Waals surface area contributed by atoms with E-state index in [-0.39, 0.29) is 10.8 Å². The lowest BCUT2D eigenvalue weighted by molar-refractivity contribution is 0.589. The van der Waals surface area contributed by atoms with Gasteiger partial charge < -0.3 is 0 Å². The lowest BCUT2D eigenvalue weighted by atomic mass is 10.2. The molecule has 86 valence electrons. The SMILES string of the molecule is C[C@H](N[S@](=O)C(C)(C)C)c1ccnn1C. The number of nitrogens with zero attached hydrogens (tertiary/aromatic N) is 2. The van der Waals surface area contributed by atoms with Crippen LogP contribution in [0.15, 0.2) is 12.3 Å². The molecular weight excluding hydrogens is 210 g/mol. The summed E-state index contributed by atoms with van der Waals surface area (Å²) in [7, 11) is 0.831. The maximum atomic E-state index is 11.9.